The van der Waals surface area contributed by atoms with Gasteiger partial charge >= 0.3 is 13.6 Å². The predicted molar refractivity (Wildman–Crippen MR) is 53.8 cm³/mol. The van der Waals surface area contributed by atoms with Crippen LogP contribution in [-0.4, -0.2) is 24.1 Å². The SMILES string of the molecule is COC(=O)CP(=O)(O)Oc1ccccc1. The second kappa shape index (κ2) is 4.96. The highest BCUT2D eigenvalue weighted by molar-refractivity contribution is 7.54. The summed E-state index contributed by atoms with van der Waals surface area (Å²) < 4.78 is 20.4. The molecule has 5 nitrogen and oxygen atoms in total. The van der Waals surface area contributed by atoms with E-state index in [0.29, 0.717) is 0 Å². The summed E-state index contributed by atoms with van der Waals surface area (Å²) in [5.74, 6) is -0.538. The number of esters is 1. The van der Waals surface area contributed by atoms with Crippen molar-refractivity contribution >= 4 is 13.6 Å². The number of ether oxygens (including phenoxy) is 1. The third kappa shape index (κ3) is 4.14. The molecule has 0 aliphatic rings. The summed E-state index contributed by atoms with van der Waals surface area (Å²) >= 11 is 0. The van der Waals surface area contributed by atoms with Gasteiger partial charge in [0.1, 0.15) is 5.75 Å². The van der Waals surface area contributed by atoms with Crippen LogP contribution in [0.5, 0.6) is 5.75 Å². The largest absolute Gasteiger partial charge is 0.468 e. The van der Waals surface area contributed by atoms with Gasteiger partial charge < -0.3 is 14.2 Å². The molecular weight excluding hydrogens is 219 g/mol. The van der Waals surface area contributed by atoms with Crippen molar-refractivity contribution in [2.75, 3.05) is 13.3 Å². The van der Waals surface area contributed by atoms with Crippen LogP contribution in [0.15, 0.2) is 30.3 Å². The van der Waals surface area contributed by atoms with E-state index in [1.807, 2.05) is 0 Å². The van der Waals surface area contributed by atoms with Crippen molar-refractivity contribution < 1.29 is 23.5 Å². The fourth-order valence-electron chi connectivity index (χ4n) is 0.906. The molecule has 82 valence electrons. The molecule has 0 heterocycles. The highest BCUT2D eigenvalue weighted by atomic mass is 31.2. The maximum absolute atomic E-state index is 11.4. The van der Waals surface area contributed by atoms with Gasteiger partial charge in [-0.05, 0) is 12.1 Å². The predicted octanol–water partition coefficient (Wildman–Crippen LogP) is 1.42. The highest BCUT2D eigenvalue weighted by Gasteiger charge is 2.25. The lowest BCUT2D eigenvalue weighted by Crippen LogP contribution is -2.10. The van der Waals surface area contributed by atoms with E-state index in [4.69, 9.17) is 4.52 Å². The second-order valence-electron chi connectivity index (χ2n) is 2.78. The number of benzene rings is 1. The Bertz CT molecular complexity index is 375. The minimum Gasteiger partial charge on any atom is -0.468 e. The van der Waals surface area contributed by atoms with E-state index in [9.17, 15) is 14.3 Å². The highest BCUT2D eigenvalue weighted by Crippen LogP contribution is 2.42. The molecule has 0 aliphatic carbocycles. The van der Waals surface area contributed by atoms with Crippen molar-refractivity contribution in [1.82, 2.24) is 0 Å². The van der Waals surface area contributed by atoms with Crippen LogP contribution in [0, 0.1) is 0 Å². The molecule has 0 bridgehead atoms. The zero-order valence-corrected chi connectivity index (χ0v) is 9.02. The first-order chi connectivity index (χ1) is 7.03. The van der Waals surface area contributed by atoms with E-state index in [0.717, 1.165) is 7.11 Å². The molecule has 1 atom stereocenters. The van der Waals surface area contributed by atoms with Gasteiger partial charge in [-0.25, -0.2) is 4.57 Å². The molecule has 0 aromatic heterocycles. The lowest BCUT2D eigenvalue weighted by Gasteiger charge is -2.11. The zero-order chi connectivity index (χ0) is 11.3. The number of para-hydroxylation sites is 1. The van der Waals surface area contributed by atoms with Crippen LogP contribution in [0.4, 0.5) is 0 Å². The van der Waals surface area contributed by atoms with Crippen molar-refractivity contribution in [2.45, 2.75) is 0 Å². The molecule has 0 saturated heterocycles. The fraction of sp³-hybridized carbons (Fsp3) is 0.222. The van der Waals surface area contributed by atoms with E-state index in [-0.39, 0.29) is 5.75 Å². The van der Waals surface area contributed by atoms with Crippen molar-refractivity contribution in [3.63, 3.8) is 0 Å². The number of hydrogen-bond donors (Lipinski definition) is 1. The summed E-state index contributed by atoms with van der Waals surface area (Å²) in [6.45, 7) is 0. The average molecular weight is 230 g/mol. The van der Waals surface area contributed by atoms with E-state index < -0.39 is 19.7 Å². The van der Waals surface area contributed by atoms with Gasteiger partial charge in [-0.2, -0.15) is 0 Å². The molecule has 1 aromatic rings. The van der Waals surface area contributed by atoms with Crippen LogP contribution in [0.25, 0.3) is 0 Å². The Kier molecular flexibility index (Phi) is 3.88. The Morgan fingerprint density at radius 1 is 1.40 bits per heavy atom. The van der Waals surface area contributed by atoms with Crippen LogP contribution in [0.1, 0.15) is 0 Å². The molecule has 0 aliphatic heterocycles. The van der Waals surface area contributed by atoms with E-state index in [1.165, 1.54) is 12.1 Å². The van der Waals surface area contributed by atoms with E-state index >= 15 is 0 Å². The molecule has 1 unspecified atom stereocenters. The Hall–Kier alpha value is -1.32. The standard InChI is InChI=1S/C9H11O5P/c1-13-9(10)7-15(11,12)14-8-5-3-2-4-6-8/h2-6H,7H2,1H3,(H,11,12). The van der Waals surface area contributed by atoms with Crippen LogP contribution < -0.4 is 4.52 Å². The quantitative estimate of drug-likeness (QED) is 0.625. The van der Waals surface area contributed by atoms with Crippen LogP contribution >= 0.6 is 7.60 Å². The van der Waals surface area contributed by atoms with Gasteiger partial charge in [-0.15, -0.1) is 0 Å². The number of carbonyl (C=O) groups excluding carboxylic acids is 1. The second-order valence-corrected chi connectivity index (χ2v) is 4.55. The normalized spacial score (nSPS) is 14.0. The van der Waals surface area contributed by atoms with E-state index in [2.05, 4.69) is 4.74 Å². The van der Waals surface area contributed by atoms with Gasteiger partial charge in [0.05, 0.1) is 7.11 Å². The van der Waals surface area contributed by atoms with Gasteiger partial charge in [0.15, 0.2) is 6.16 Å². The fourth-order valence-corrected chi connectivity index (χ4v) is 1.88. The molecule has 0 saturated carbocycles. The van der Waals surface area contributed by atoms with Crippen molar-refractivity contribution in [2.24, 2.45) is 0 Å². The van der Waals surface area contributed by atoms with Gasteiger partial charge in [-0.1, -0.05) is 18.2 Å². The van der Waals surface area contributed by atoms with Gasteiger partial charge in [0.25, 0.3) is 0 Å². The number of carbonyl (C=O) groups is 1. The van der Waals surface area contributed by atoms with Crippen molar-refractivity contribution in [3.8, 4) is 5.75 Å². The molecule has 1 aromatic carbocycles. The Balaban J connectivity index is 2.65. The lowest BCUT2D eigenvalue weighted by atomic mass is 10.3. The summed E-state index contributed by atoms with van der Waals surface area (Å²) in [6, 6.07) is 8.12. The minimum absolute atomic E-state index is 0.243. The van der Waals surface area contributed by atoms with Gasteiger partial charge in [0.2, 0.25) is 0 Å². The van der Waals surface area contributed by atoms with Crippen LogP contribution in [0.3, 0.4) is 0 Å². The third-order valence-electron chi connectivity index (χ3n) is 1.55. The summed E-state index contributed by atoms with van der Waals surface area (Å²) in [4.78, 5) is 20.1. The first-order valence-corrected chi connectivity index (χ1v) is 5.93. The molecule has 0 fully saturated rings. The smallest absolute Gasteiger partial charge is 0.387 e. The molecule has 15 heavy (non-hydrogen) atoms. The monoisotopic (exact) mass is 230 g/mol. The molecular formula is C9H11O5P. The third-order valence-corrected chi connectivity index (χ3v) is 2.70. The Morgan fingerprint density at radius 2 is 2.00 bits per heavy atom. The molecule has 1 N–H and O–H groups in total. The molecule has 0 spiro atoms. The number of methoxy groups -OCH3 is 1. The van der Waals surface area contributed by atoms with Crippen LogP contribution in [-0.2, 0) is 14.1 Å². The number of hydrogen-bond acceptors (Lipinski definition) is 4. The number of rotatable bonds is 4. The summed E-state index contributed by atoms with van der Waals surface area (Å²) in [5, 5.41) is 0. The molecule has 0 amide bonds. The summed E-state index contributed by atoms with van der Waals surface area (Å²) in [5.41, 5.74) is 0. The summed E-state index contributed by atoms with van der Waals surface area (Å²) in [6.07, 6.45) is -0.654. The molecule has 0 radical (unpaired) electrons. The van der Waals surface area contributed by atoms with Gasteiger partial charge in [-0.3, -0.25) is 4.79 Å². The Labute approximate surface area is 87.2 Å². The van der Waals surface area contributed by atoms with E-state index in [1.54, 1.807) is 18.2 Å². The average Bonchev–Trinajstić information content (AvgIpc) is 2.17. The van der Waals surface area contributed by atoms with Crippen molar-refractivity contribution in [1.29, 1.82) is 0 Å². The molecule has 1 rings (SSSR count). The van der Waals surface area contributed by atoms with Gasteiger partial charge in [0, 0.05) is 0 Å². The first kappa shape index (κ1) is 11.8. The Morgan fingerprint density at radius 3 is 2.53 bits per heavy atom. The topological polar surface area (TPSA) is 72.8 Å². The minimum atomic E-state index is -3.96. The maximum atomic E-state index is 11.4. The van der Waals surface area contributed by atoms with Crippen LogP contribution in [0.2, 0.25) is 0 Å². The summed E-state index contributed by atoms with van der Waals surface area (Å²) in [7, 11) is -2.82. The zero-order valence-electron chi connectivity index (χ0n) is 8.12. The molecule has 6 heteroatoms. The lowest BCUT2D eigenvalue weighted by molar-refractivity contribution is -0.137. The first-order valence-electron chi connectivity index (χ1n) is 4.17. The maximum Gasteiger partial charge on any atom is 0.387 e. The van der Waals surface area contributed by atoms with Crippen molar-refractivity contribution in [3.05, 3.63) is 30.3 Å².